The number of hydrogen-bond donors (Lipinski definition) is 0. The predicted molar refractivity (Wildman–Crippen MR) is 73.9 cm³/mol. The molecule has 2 rings (SSSR count). The van der Waals surface area contributed by atoms with Crippen molar-refractivity contribution >= 4 is 5.97 Å². The summed E-state index contributed by atoms with van der Waals surface area (Å²) in [6.45, 7) is 1.87. The summed E-state index contributed by atoms with van der Waals surface area (Å²) in [6, 6.07) is 11.9. The van der Waals surface area contributed by atoms with Gasteiger partial charge in [0.2, 0.25) is 0 Å². The van der Waals surface area contributed by atoms with Crippen molar-refractivity contribution in [3.05, 3.63) is 59.7 Å². The Morgan fingerprint density at radius 1 is 1.00 bits per heavy atom. The number of hydrogen-bond acceptors (Lipinski definition) is 3. The Morgan fingerprint density at radius 2 is 1.59 bits per heavy atom. The number of halogens is 3. The second kappa shape index (κ2) is 6.51. The van der Waals surface area contributed by atoms with Crippen LogP contribution in [0.3, 0.4) is 0 Å². The summed E-state index contributed by atoms with van der Waals surface area (Å²) in [6.07, 6.45) is -4.25. The zero-order valence-corrected chi connectivity index (χ0v) is 11.7. The number of esters is 1. The maximum absolute atomic E-state index is 12.3. The molecule has 2 aromatic carbocycles. The Balaban J connectivity index is 2.25. The van der Waals surface area contributed by atoms with E-state index in [4.69, 9.17) is 4.74 Å². The molecule has 0 aliphatic heterocycles. The number of ether oxygens (including phenoxy) is 2. The van der Waals surface area contributed by atoms with Crippen molar-refractivity contribution < 1.29 is 27.4 Å². The quantitative estimate of drug-likeness (QED) is 0.621. The number of carbonyl (C=O) groups is 1. The fourth-order valence-electron chi connectivity index (χ4n) is 1.93. The van der Waals surface area contributed by atoms with E-state index in [1.165, 1.54) is 18.2 Å². The number of aryl methyl sites for hydroxylation is 1. The standard InChI is InChI=1S/C16H13F3O3/c1-2-11-7-3-4-8-12(11)15(20)21-13-9-5-6-10-14(13)22-16(17,18)19/h3-10H,2H2,1H3. The number of rotatable bonds is 4. The van der Waals surface area contributed by atoms with Crippen LogP contribution >= 0.6 is 0 Å². The van der Waals surface area contributed by atoms with Gasteiger partial charge in [0.15, 0.2) is 11.5 Å². The number of benzene rings is 2. The number of para-hydroxylation sites is 2. The number of alkyl halides is 3. The normalized spacial score (nSPS) is 11.1. The molecule has 0 aliphatic carbocycles. The van der Waals surface area contributed by atoms with E-state index in [9.17, 15) is 18.0 Å². The van der Waals surface area contributed by atoms with Crippen molar-refractivity contribution in [3.8, 4) is 11.5 Å². The first kappa shape index (κ1) is 15.9. The van der Waals surface area contributed by atoms with Gasteiger partial charge in [-0.15, -0.1) is 13.2 Å². The lowest BCUT2D eigenvalue weighted by Gasteiger charge is -2.13. The molecule has 0 radical (unpaired) electrons. The van der Waals surface area contributed by atoms with Crippen LogP contribution in [0.5, 0.6) is 11.5 Å². The lowest BCUT2D eigenvalue weighted by atomic mass is 10.1. The van der Waals surface area contributed by atoms with Crippen molar-refractivity contribution in [2.24, 2.45) is 0 Å². The average molecular weight is 310 g/mol. The zero-order valence-electron chi connectivity index (χ0n) is 11.7. The van der Waals surface area contributed by atoms with Crippen LogP contribution < -0.4 is 9.47 Å². The smallest absolute Gasteiger partial charge is 0.419 e. The molecule has 0 fully saturated rings. The SMILES string of the molecule is CCc1ccccc1C(=O)Oc1ccccc1OC(F)(F)F. The third-order valence-corrected chi connectivity index (χ3v) is 2.90. The highest BCUT2D eigenvalue weighted by molar-refractivity contribution is 5.92. The van der Waals surface area contributed by atoms with Gasteiger partial charge in [0, 0.05) is 0 Å². The van der Waals surface area contributed by atoms with Gasteiger partial charge >= 0.3 is 12.3 Å². The third-order valence-electron chi connectivity index (χ3n) is 2.90. The molecule has 116 valence electrons. The minimum absolute atomic E-state index is 0.282. The van der Waals surface area contributed by atoms with Gasteiger partial charge in [0.25, 0.3) is 0 Å². The lowest BCUT2D eigenvalue weighted by molar-refractivity contribution is -0.275. The summed E-state index contributed by atoms with van der Waals surface area (Å²) in [7, 11) is 0. The van der Waals surface area contributed by atoms with Gasteiger partial charge in [-0.05, 0) is 30.2 Å². The van der Waals surface area contributed by atoms with Crippen molar-refractivity contribution in [1.29, 1.82) is 0 Å². The van der Waals surface area contributed by atoms with E-state index in [1.54, 1.807) is 24.3 Å². The Bertz CT molecular complexity index is 666. The Morgan fingerprint density at radius 3 is 2.23 bits per heavy atom. The van der Waals surface area contributed by atoms with E-state index in [-0.39, 0.29) is 5.75 Å². The molecule has 0 heterocycles. The van der Waals surface area contributed by atoms with E-state index in [1.807, 2.05) is 6.92 Å². The van der Waals surface area contributed by atoms with Gasteiger partial charge in [0.1, 0.15) is 0 Å². The van der Waals surface area contributed by atoms with E-state index in [0.717, 1.165) is 11.6 Å². The number of carbonyl (C=O) groups excluding carboxylic acids is 1. The summed E-state index contributed by atoms with van der Waals surface area (Å²) in [4.78, 5) is 12.2. The first-order valence-electron chi connectivity index (χ1n) is 6.55. The molecule has 0 amide bonds. The minimum Gasteiger partial charge on any atom is -0.419 e. The van der Waals surface area contributed by atoms with Crippen LogP contribution in [0.25, 0.3) is 0 Å². The summed E-state index contributed by atoms with van der Waals surface area (Å²) >= 11 is 0. The van der Waals surface area contributed by atoms with E-state index < -0.39 is 18.1 Å². The van der Waals surface area contributed by atoms with Gasteiger partial charge in [-0.3, -0.25) is 0 Å². The largest absolute Gasteiger partial charge is 0.573 e. The highest BCUT2D eigenvalue weighted by Crippen LogP contribution is 2.32. The molecule has 0 unspecified atom stereocenters. The van der Waals surface area contributed by atoms with Gasteiger partial charge in [-0.25, -0.2) is 4.79 Å². The van der Waals surface area contributed by atoms with Crippen LogP contribution in [0.1, 0.15) is 22.8 Å². The monoisotopic (exact) mass is 310 g/mol. The molecule has 0 saturated carbocycles. The second-order valence-electron chi connectivity index (χ2n) is 4.39. The van der Waals surface area contributed by atoms with Gasteiger partial charge in [-0.2, -0.15) is 0 Å². The lowest BCUT2D eigenvalue weighted by Crippen LogP contribution is -2.18. The molecule has 0 spiro atoms. The Hall–Kier alpha value is -2.50. The van der Waals surface area contributed by atoms with Crippen molar-refractivity contribution in [3.63, 3.8) is 0 Å². The first-order chi connectivity index (χ1) is 10.4. The molecular weight excluding hydrogens is 297 g/mol. The average Bonchev–Trinajstić information content (AvgIpc) is 2.47. The predicted octanol–water partition coefficient (Wildman–Crippen LogP) is 4.37. The molecule has 0 aliphatic rings. The first-order valence-corrected chi connectivity index (χ1v) is 6.55. The van der Waals surface area contributed by atoms with Gasteiger partial charge < -0.3 is 9.47 Å². The fourth-order valence-corrected chi connectivity index (χ4v) is 1.93. The fraction of sp³-hybridized carbons (Fsp3) is 0.188. The molecule has 0 N–H and O–H groups in total. The zero-order chi connectivity index (χ0) is 16.2. The van der Waals surface area contributed by atoms with Crippen LogP contribution in [0, 0.1) is 0 Å². The molecule has 2 aromatic rings. The van der Waals surface area contributed by atoms with Crippen LogP contribution in [-0.4, -0.2) is 12.3 Å². The molecule has 0 saturated heterocycles. The Kier molecular flexibility index (Phi) is 4.70. The van der Waals surface area contributed by atoms with Gasteiger partial charge in [-0.1, -0.05) is 37.3 Å². The van der Waals surface area contributed by atoms with Crippen molar-refractivity contribution in [2.75, 3.05) is 0 Å². The molecule has 0 bridgehead atoms. The summed E-state index contributed by atoms with van der Waals surface area (Å²) in [5, 5.41) is 0. The van der Waals surface area contributed by atoms with Crippen LogP contribution in [0.4, 0.5) is 13.2 Å². The van der Waals surface area contributed by atoms with E-state index in [2.05, 4.69) is 4.74 Å². The van der Waals surface area contributed by atoms with E-state index >= 15 is 0 Å². The molecule has 0 aromatic heterocycles. The van der Waals surface area contributed by atoms with Crippen molar-refractivity contribution in [2.45, 2.75) is 19.7 Å². The topological polar surface area (TPSA) is 35.5 Å². The van der Waals surface area contributed by atoms with Crippen LogP contribution in [-0.2, 0) is 6.42 Å². The van der Waals surface area contributed by atoms with Gasteiger partial charge in [0.05, 0.1) is 5.56 Å². The van der Waals surface area contributed by atoms with E-state index in [0.29, 0.717) is 12.0 Å². The second-order valence-corrected chi connectivity index (χ2v) is 4.39. The molecule has 6 heteroatoms. The van der Waals surface area contributed by atoms with Crippen molar-refractivity contribution in [1.82, 2.24) is 0 Å². The summed E-state index contributed by atoms with van der Waals surface area (Å²) in [5.74, 6) is -1.57. The molecule has 0 atom stereocenters. The molecular formula is C16H13F3O3. The van der Waals surface area contributed by atoms with Crippen LogP contribution in [0.2, 0.25) is 0 Å². The summed E-state index contributed by atoms with van der Waals surface area (Å²) in [5.41, 5.74) is 1.06. The Labute approximate surface area is 125 Å². The highest BCUT2D eigenvalue weighted by atomic mass is 19.4. The van der Waals surface area contributed by atoms with Crippen LogP contribution in [0.15, 0.2) is 48.5 Å². The minimum atomic E-state index is -4.86. The highest BCUT2D eigenvalue weighted by Gasteiger charge is 2.32. The molecule has 3 nitrogen and oxygen atoms in total. The molecule has 22 heavy (non-hydrogen) atoms. The maximum atomic E-state index is 12.3. The summed E-state index contributed by atoms with van der Waals surface area (Å²) < 4.78 is 45.9. The maximum Gasteiger partial charge on any atom is 0.573 e. The third kappa shape index (κ3) is 4.00.